The number of ether oxygens (including phenoxy) is 1. The van der Waals surface area contributed by atoms with Crippen molar-refractivity contribution in [1.82, 2.24) is 9.97 Å². The van der Waals surface area contributed by atoms with Crippen molar-refractivity contribution < 1.29 is 9.53 Å². The fraction of sp³-hybridized carbons (Fsp3) is 0.500. The zero-order valence-electron chi connectivity index (χ0n) is 9.39. The summed E-state index contributed by atoms with van der Waals surface area (Å²) in [4.78, 5) is 21.7. The average Bonchev–Trinajstić information content (AvgIpc) is 2.70. The molecule has 0 spiro atoms. The van der Waals surface area contributed by atoms with Gasteiger partial charge < -0.3 is 10.5 Å². The summed E-state index contributed by atoms with van der Waals surface area (Å²) in [7, 11) is 1.50. The van der Waals surface area contributed by atoms with E-state index in [9.17, 15) is 4.79 Å². The Kier molecular flexibility index (Phi) is 3.58. The number of halogens is 1. The molecule has 1 aliphatic heterocycles. The highest BCUT2D eigenvalue weighted by molar-refractivity contribution is 9.10. The molecule has 1 aromatic rings. The number of amides is 1. The van der Waals surface area contributed by atoms with Crippen molar-refractivity contribution >= 4 is 27.7 Å². The second kappa shape index (κ2) is 4.97. The van der Waals surface area contributed by atoms with E-state index in [-0.39, 0.29) is 11.8 Å². The normalized spacial score (nSPS) is 19.8. The largest absolute Gasteiger partial charge is 0.478 e. The molecule has 0 saturated carbocycles. The highest BCUT2D eigenvalue weighted by Gasteiger charge is 2.32. The minimum absolute atomic E-state index is 0.00960. The van der Waals surface area contributed by atoms with E-state index in [0.29, 0.717) is 35.8 Å². The lowest BCUT2D eigenvalue weighted by molar-refractivity contribution is -0.117. The number of anilines is 1. The Morgan fingerprint density at radius 2 is 2.47 bits per heavy atom. The Hall–Kier alpha value is -1.21. The number of carbonyl (C=O) groups is 1. The van der Waals surface area contributed by atoms with Gasteiger partial charge in [0.2, 0.25) is 5.91 Å². The molecule has 0 radical (unpaired) electrons. The summed E-state index contributed by atoms with van der Waals surface area (Å²) >= 11 is 3.21. The summed E-state index contributed by atoms with van der Waals surface area (Å²) in [6.07, 6.45) is 2.00. The Morgan fingerprint density at radius 3 is 3.06 bits per heavy atom. The van der Waals surface area contributed by atoms with Crippen LogP contribution in [-0.4, -0.2) is 36.1 Å². The second-order valence-electron chi connectivity index (χ2n) is 3.84. The molecule has 0 aliphatic carbocycles. The molecule has 1 atom stereocenters. The number of nitrogens with zero attached hydrogens (tertiary/aromatic N) is 3. The van der Waals surface area contributed by atoms with Crippen molar-refractivity contribution in [3.63, 3.8) is 0 Å². The van der Waals surface area contributed by atoms with E-state index in [1.165, 1.54) is 7.11 Å². The second-order valence-corrected chi connectivity index (χ2v) is 4.65. The van der Waals surface area contributed by atoms with Gasteiger partial charge in [-0.3, -0.25) is 9.69 Å². The van der Waals surface area contributed by atoms with Crippen LogP contribution in [0.3, 0.4) is 0 Å². The maximum Gasteiger partial charge on any atom is 0.258 e. The van der Waals surface area contributed by atoms with Gasteiger partial charge in [0.05, 0.1) is 13.3 Å². The molecular weight excluding hydrogens is 288 g/mol. The van der Waals surface area contributed by atoms with Crippen LogP contribution in [0.1, 0.15) is 6.42 Å². The van der Waals surface area contributed by atoms with E-state index in [4.69, 9.17) is 10.5 Å². The van der Waals surface area contributed by atoms with Gasteiger partial charge in [0.15, 0.2) is 5.82 Å². The third kappa shape index (κ3) is 2.39. The lowest BCUT2D eigenvalue weighted by Gasteiger charge is -2.17. The molecule has 2 N–H and O–H groups in total. The van der Waals surface area contributed by atoms with Crippen molar-refractivity contribution in [3.8, 4) is 5.88 Å². The van der Waals surface area contributed by atoms with Crippen LogP contribution in [0.15, 0.2) is 10.8 Å². The Morgan fingerprint density at radius 1 is 1.71 bits per heavy atom. The van der Waals surface area contributed by atoms with Crippen molar-refractivity contribution in [3.05, 3.63) is 10.8 Å². The number of carbonyl (C=O) groups excluding carboxylic acids is 1. The summed E-state index contributed by atoms with van der Waals surface area (Å²) in [6.45, 7) is 1.07. The lowest BCUT2D eigenvalue weighted by atomic mass is 10.1. The molecule has 7 heteroatoms. The Balaban J connectivity index is 2.31. The van der Waals surface area contributed by atoms with Gasteiger partial charge in [-0.05, 0) is 28.4 Å². The fourth-order valence-corrected chi connectivity index (χ4v) is 2.08. The monoisotopic (exact) mass is 300 g/mol. The molecular formula is C10H13BrN4O2. The lowest BCUT2D eigenvalue weighted by Crippen LogP contribution is -2.27. The van der Waals surface area contributed by atoms with Crippen LogP contribution in [0.4, 0.5) is 5.82 Å². The number of methoxy groups -OCH3 is 1. The number of nitrogens with two attached hydrogens (primary N) is 1. The molecule has 1 aromatic heterocycles. The number of hydrogen-bond acceptors (Lipinski definition) is 5. The fourth-order valence-electron chi connectivity index (χ4n) is 1.81. The molecule has 17 heavy (non-hydrogen) atoms. The molecule has 1 saturated heterocycles. The van der Waals surface area contributed by atoms with Gasteiger partial charge in [0.1, 0.15) is 4.60 Å². The third-order valence-corrected chi connectivity index (χ3v) is 3.06. The molecule has 1 aliphatic rings. The van der Waals surface area contributed by atoms with E-state index >= 15 is 0 Å². The molecule has 0 bridgehead atoms. The third-order valence-electron chi connectivity index (χ3n) is 2.68. The number of hydrogen-bond donors (Lipinski definition) is 1. The van der Waals surface area contributed by atoms with E-state index in [1.54, 1.807) is 11.1 Å². The first-order valence-electron chi connectivity index (χ1n) is 5.22. The van der Waals surface area contributed by atoms with Gasteiger partial charge in [-0.15, -0.1) is 0 Å². The average molecular weight is 301 g/mol. The standard InChI is InChI=1S/C10H13BrN4O2/c1-17-10-9(13-4-7(11)14-10)15-5-6(3-12)2-8(15)16/h4,6H,2-3,5,12H2,1H3. The van der Waals surface area contributed by atoms with Crippen molar-refractivity contribution in [2.75, 3.05) is 25.1 Å². The molecule has 0 aromatic carbocycles. The van der Waals surface area contributed by atoms with Gasteiger partial charge in [-0.1, -0.05) is 0 Å². The van der Waals surface area contributed by atoms with Crippen LogP contribution >= 0.6 is 15.9 Å². The highest BCUT2D eigenvalue weighted by Crippen LogP contribution is 2.30. The maximum atomic E-state index is 11.8. The molecule has 1 unspecified atom stereocenters. The van der Waals surface area contributed by atoms with Crippen molar-refractivity contribution in [2.45, 2.75) is 6.42 Å². The van der Waals surface area contributed by atoms with Crippen LogP contribution in [0.2, 0.25) is 0 Å². The molecule has 6 nitrogen and oxygen atoms in total. The van der Waals surface area contributed by atoms with Gasteiger partial charge in [0, 0.05) is 13.0 Å². The molecule has 2 heterocycles. The minimum Gasteiger partial charge on any atom is -0.478 e. The van der Waals surface area contributed by atoms with Crippen molar-refractivity contribution in [2.24, 2.45) is 11.7 Å². The van der Waals surface area contributed by atoms with E-state index in [1.807, 2.05) is 0 Å². The quantitative estimate of drug-likeness (QED) is 0.882. The molecule has 1 fully saturated rings. The molecule has 92 valence electrons. The summed E-state index contributed by atoms with van der Waals surface area (Å²) in [6, 6.07) is 0. The topological polar surface area (TPSA) is 81.3 Å². The van der Waals surface area contributed by atoms with Crippen LogP contribution < -0.4 is 15.4 Å². The summed E-state index contributed by atoms with van der Waals surface area (Å²) in [5.41, 5.74) is 5.58. The zero-order chi connectivity index (χ0) is 12.4. The smallest absolute Gasteiger partial charge is 0.258 e. The molecule has 2 rings (SSSR count). The van der Waals surface area contributed by atoms with Gasteiger partial charge >= 0.3 is 0 Å². The van der Waals surface area contributed by atoms with E-state index in [0.717, 1.165) is 0 Å². The first kappa shape index (κ1) is 12.3. The first-order chi connectivity index (χ1) is 8.15. The van der Waals surface area contributed by atoms with Crippen LogP contribution in [0.5, 0.6) is 5.88 Å². The highest BCUT2D eigenvalue weighted by atomic mass is 79.9. The minimum atomic E-state index is 0.00960. The van der Waals surface area contributed by atoms with E-state index in [2.05, 4.69) is 25.9 Å². The first-order valence-corrected chi connectivity index (χ1v) is 6.02. The van der Waals surface area contributed by atoms with Crippen LogP contribution in [0, 0.1) is 5.92 Å². The Labute approximate surface area is 107 Å². The summed E-state index contributed by atoms with van der Waals surface area (Å²) in [5, 5.41) is 0. The van der Waals surface area contributed by atoms with Crippen LogP contribution in [0.25, 0.3) is 0 Å². The molecule has 1 amide bonds. The number of aromatic nitrogens is 2. The SMILES string of the molecule is COc1nc(Br)cnc1N1CC(CN)CC1=O. The van der Waals surface area contributed by atoms with Gasteiger partial charge in [0.25, 0.3) is 5.88 Å². The van der Waals surface area contributed by atoms with Gasteiger partial charge in [-0.25, -0.2) is 9.97 Å². The van der Waals surface area contributed by atoms with Crippen LogP contribution in [-0.2, 0) is 4.79 Å². The number of rotatable bonds is 3. The van der Waals surface area contributed by atoms with E-state index < -0.39 is 0 Å². The summed E-state index contributed by atoms with van der Waals surface area (Å²) < 4.78 is 5.70. The maximum absolute atomic E-state index is 11.8. The zero-order valence-corrected chi connectivity index (χ0v) is 11.0. The summed E-state index contributed by atoms with van der Waals surface area (Å²) in [5.74, 6) is 0.982. The predicted molar refractivity (Wildman–Crippen MR) is 65.8 cm³/mol. The Bertz CT molecular complexity index is 440. The van der Waals surface area contributed by atoms with Crippen molar-refractivity contribution in [1.29, 1.82) is 0 Å². The van der Waals surface area contributed by atoms with Gasteiger partial charge in [-0.2, -0.15) is 0 Å². The predicted octanol–water partition coefficient (Wildman–Crippen LogP) is 0.559.